The summed E-state index contributed by atoms with van der Waals surface area (Å²) >= 11 is 1.41. The van der Waals surface area contributed by atoms with Crippen LogP contribution >= 0.6 is 11.3 Å². The summed E-state index contributed by atoms with van der Waals surface area (Å²) in [5.41, 5.74) is 3.47. The van der Waals surface area contributed by atoms with Crippen molar-refractivity contribution in [2.24, 2.45) is 0 Å². The summed E-state index contributed by atoms with van der Waals surface area (Å²) in [6.07, 6.45) is 0. The molecule has 0 amide bonds. The molecule has 0 unspecified atom stereocenters. The molecule has 31 heavy (non-hydrogen) atoms. The van der Waals surface area contributed by atoms with E-state index in [0.29, 0.717) is 24.9 Å². The second-order valence-electron chi connectivity index (χ2n) is 7.02. The van der Waals surface area contributed by atoms with Crippen LogP contribution in [0.15, 0.2) is 63.4 Å². The van der Waals surface area contributed by atoms with E-state index in [-0.39, 0.29) is 23.7 Å². The van der Waals surface area contributed by atoms with Crippen molar-refractivity contribution in [2.45, 2.75) is 4.90 Å². The Balaban J connectivity index is 1.35. The number of thiazole rings is 1. The summed E-state index contributed by atoms with van der Waals surface area (Å²) in [7, 11) is -3.62. The Hall–Kier alpha value is -3.26. The van der Waals surface area contributed by atoms with Crippen molar-refractivity contribution < 1.29 is 12.8 Å². The van der Waals surface area contributed by atoms with Crippen molar-refractivity contribution in [3.63, 3.8) is 0 Å². The molecular formula is C21H17N5O3S2. The van der Waals surface area contributed by atoms with Crippen LogP contribution in [0.4, 0.5) is 5.88 Å². The Morgan fingerprint density at radius 1 is 1.06 bits per heavy atom. The number of oxazole rings is 1. The molecule has 5 rings (SSSR count). The highest BCUT2D eigenvalue weighted by molar-refractivity contribution is 7.89. The van der Waals surface area contributed by atoms with Crippen molar-refractivity contribution in [1.29, 1.82) is 5.26 Å². The predicted octanol–water partition coefficient (Wildman–Crippen LogP) is 3.33. The van der Waals surface area contributed by atoms with E-state index in [4.69, 9.17) is 4.42 Å². The van der Waals surface area contributed by atoms with E-state index in [1.807, 2.05) is 35.2 Å². The molecule has 0 atom stereocenters. The smallest absolute Gasteiger partial charge is 0.243 e. The molecule has 1 aliphatic rings. The number of anilines is 1. The van der Waals surface area contributed by atoms with Gasteiger partial charge in [-0.15, -0.1) is 11.3 Å². The third-order valence-electron chi connectivity index (χ3n) is 5.20. The number of aromatic nitrogens is 2. The van der Waals surface area contributed by atoms with Crippen LogP contribution < -0.4 is 4.90 Å². The Morgan fingerprint density at radius 3 is 2.58 bits per heavy atom. The van der Waals surface area contributed by atoms with Gasteiger partial charge in [0.25, 0.3) is 0 Å². The normalized spacial score (nSPS) is 15.3. The fourth-order valence-electron chi connectivity index (χ4n) is 3.58. The summed E-state index contributed by atoms with van der Waals surface area (Å²) in [6, 6.07) is 16.4. The molecule has 2 aromatic heterocycles. The van der Waals surface area contributed by atoms with E-state index in [1.54, 1.807) is 23.7 Å². The van der Waals surface area contributed by atoms with Crippen LogP contribution in [0.2, 0.25) is 0 Å². The van der Waals surface area contributed by atoms with Crippen LogP contribution in [0, 0.1) is 11.3 Å². The minimum Gasteiger partial charge on any atom is -0.419 e. The molecule has 0 saturated carbocycles. The molecule has 8 nitrogen and oxygen atoms in total. The Bertz CT molecular complexity index is 1380. The summed E-state index contributed by atoms with van der Waals surface area (Å²) in [4.78, 5) is 10.6. The van der Waals surface area contributed by atoms with Crippen LogP contribution in [0.3, 0.4) is 0 Å². The van der Waals surface area contributed by atoms with Gasteiger partial charge in [-0.2, -0.15) is 14.6 Å². The highest BCUT2D eigenvalue weighted by atomic mass is 32.2. The van der Waals surface area contributed by atoms with Crippen molar-refractivity contribution in [2.75, 3.05) is 31.1 Å². The summed E-state index contributed by atoms with van der Waals surface area (Å²) < 4.78 is 34.4. The summed E-state index contributed by atoms with van der Waals surface area (Å²) in [5.74, 6) is 0.754. The first-order valence-electron chi connectivity index (χ1n) is 9.61. The topological polar surface area (TPSA) is 103 Å². The van der Waals surface area contributed by atoms with E-state index in [2.05, 4.69) is 16.0 Å². The molecule has 10 heteroatoms. The second-order valence-corrected chi connectivity index (χ2v) is 9.85. The van der Waals surface area contributed by atoms with Crippen LogP contribution in [0.25, 0.3) is 21.7 Å². The van der Waals surface area contributed by atoms with Gasteiger partial charge in [0.05, 0.1) is 20.6 Å². The van der Waals surface area contributed by atoms with Crippen molar-refractivity contribution >= 4 is 37.5 Å². The molecule has 4 aromatic rings. The van der Waals surface area contributed by atoms with E-state index < -0.39 is 10.0 Å². The minimum absolute atomic E-state index is 0.200. The lowest BCUT2D eigenvalue weighted by Gasteiger charge is -2.33. The van der Waals surface area contributed by atoms with Gasteiger partial charge in [-0.25, -0.2) is 13.4 Å². The minimum atomic E-state index is -3.62. The van der Waals surface area contributed by atoms with Crippen LogP contribution in [0.1, 0.15) is 5.69 Å². The maximum absolute atomic E-state index is 13.1. The number of fused-ring (bicyclic) bond motifs is 1. The number of rotatable bonds is 4. The lowest BCUT2D eigenvalue weighted by Crippen LogP contribution is -2.48. The molecule has 1 saturated heterocycles. The molecule has 0 bridgehead atoms. The van der Waals surface area contributed by atoms with E-state index in [1.165, 1.54) is 15.6 Å². The van der Waals surface area contributed by atoms with Gasteiger partial charge in [-0.05, 0) is 30.3 Å². The average molecular weight is 452 g/mol. The second kappa shape index (κ2) is 7.77. The first kappa shape index (κ1) is 19.7. The third kappa shape index (κ3) is 3.57. The summed E-state index contributed by atoms with van der Waals surface area (Å²) in [5, 5.41) is 9.50. The number of hydrogen-bond donors (Lipinski definition) is 0. The summed E-state index contributed by atoms with van der Waals surface area (Å²) in [6.45, 7) is 1.38. The number of nitrogens with zero attached hydrogens (tertiary/aromatic N) is 5. The highest BCUT2D eigenvalue weighted by Gasteiger charge is 2.31. The van der Waals surface area contributed by atoms with E-state index in [0.717, 1.165) is 15.8 Å². The van der Waals surface area contributed by atoms with Gasteiger partial charge in [0.15, 0.2) is 0 Å². The zero-order valence-corrected chi connectivity index (χ0v) is 17.9. The maximum atomic E-state index is 13.1. The molecule has 3 heterocycles. The molecule has 0 radical (unpaired) electrons. The van der Waals surface area contributed by atoms with Gasteiger partial charge in [-0.3, -0.25) is 0 Å². The lowest BCUT2D eigenvalue weighted by molar-refractivity contribution is 0.374. The largest absolute Gasteiger partial charge is 0.419 e. The van der Waals surface area contributed by atoms with Gasteiger partial charge in [0.1, 0.15) is 6.07 Å². The van der Waals surface area contributed by atoms with Gasteiger partial charge in [0, 0.05) is 31.7 Å². The Labute approximate surface area is 183 Å². The first-order valence-corrected chi connectivity index (χ1v) is 11.9. The molecule has 0 spiro atoms. The molecule has 0 aliphatic carbocycles. The fourth-order valence-corrected chi connectivity index (χ4v) is 5.82. The maximum Gasteiger partial charge on any atom is 0.243 e. The number of nitriles is 1. The first-order chi connectivity index (χ1) is 15.1. The molecule has 0 N–H and O–H groups in total. The van der Waals surface area contributed by atoms with Crippen LogP contribution in [-0.2, 0) is 10.0 Å². The van der Waals surface area contributed by atoms with Gasteiger partial charge in [0.2, 0.25) is 27.5 Å². The molecule has 1 aliphatic heterocycles. The average Bonchev–Trinajstić information content (AvgIpc) is 3.46. The standard InChI is InChI=1S/C21H17N5O3S2/c22-13-18-21(29-20(24-18)15-4-2-1-3-5-15)25-8-10-26(11-9-25)31(27,28)16-6-7-17-19(12-16)30-14-23-17/h1-7,12,14H,8-11H2. The van der Waals surface area contributed by atoms with Gasteiger partial charge in [-0.1, -0.05) is 18.2 Å². The molecule has 1 fully saturated rings. The van der Waals surface area contributed by atoms with Crippen LogP contribution in [-0.4, -0.2) is 48.9 Å². The van der Waals surface area contributed by atoms with E-state index >= 15 is 0 Å². The molecular weight excluding hydrogens is 434 g/mol. The van der Waals surface area contributed by atoms with Crippen LogP contribution in [0.5, 0.6) is 0 Å². The number of hydrogen-bond acceptors (Lipinski definition) is 8. The SMILES string of the molecule is N#Cc1nc(-c2ccccc2)oc1N1CCN(S(=O)(=O)c2ccc3ncsc3c2)CC1. The predicted molar refractivity (Wildman–Crippen MR) is 117 cm³/mol. The van der Waals surface area contributed by atoms with E-state index in [9.17, 15) is 13.7 Å². The monoisotopic (exact) mass is 451 g/mol. The van der Waals surface area contributed by atoms with Crippen molar-refractivity contribution in [3.8, 4) is 17.5 Å². The number of sulfonamides is 1. The molecule has 156 valence electrons. The lowest BCUT2D eigenvalue weighted by atomic mass is 10.2. The zero-order chi connectivity index (χ0) is 21.4. The van der Waals surface area contributed by atoms with Gasteiger partial charge >= 0.3 is 0 Å². The number of benzene rings is 2. The van der Waals surface area contributed by atoms with Crippen molar-refractivity contribution in [3.05, 3.63) is 59.7 Å². The Kier molecular flexibility index (Phi) is 4.94. The zero-order valence-electron chi connectivity index (χ0n) is 16.3. The third-order valence-corrected chi connectivity index (χ3v) is 7.89. The number of piperazine rings is 1. The molecule has 2 aromatic carbocycles. The highest BCUT2D eigenvalue weighted by Crippen LogP contribution is 2.30. The van der Waals surface area contributed by atoms with Crippen molar-refractivity contribution in [1.82, 2.24) is 14.3 Å². The van der Waals surface area contributed by atoms with Gasteiger partial charge < -0.3 is 9.32 Å². The fraction of sp³-hybridized carbons (Fsp3) is 0.190. The Morgan fingerprint density at radius 2 is 1.84 bits per heavy atom. The quantitative estimate of drug-likeness (QED) is 0.469.